The second kappa shape index (κ2) is 8.05. The largest absolute Gasteiger partial charge is 0.461 e. The molecule has 2 heterocycles. The summed E-state index contributed by atoms with van der Waals surface area (Å²) in [4.78, 5) is 29.5. The molecule has 142 valence electrons. The number of amides is 1. The third-order valence-electron chi connectivity index (χ3n) is 3.58. The molecule has 0 radical (unpaired) electrons. The quantitative estimate of drug-likeness (QED) is 0.735. The predicted octanol–water partition coefficient (Wildman–Crippen LogP) is 3.34. The van der Waals surface area contributed by atoms with Gasteiger partial charge in [-0.1, -0.05) is 17.8 Å². The third kappa shape index (κ3) is 4.11. The van der Waals surface area contributed by atoms with Gasteiger partial charge in [-0.15, -0.1) is 11.3 Å². The number of nitrogens with zero attached hydrogens (tertiary/aromatic N) is 1. The van der Waals surface area contributed by atoms with Crippen molar-refractivity contribution in [2.24, 2.45) is 0 Å². The Hall–Kier alpha value is -2.46. The molecule has 6 nitrogen and oxygen atoms in total. The second-order valence-electron chi connectivity index (χ2n) is 5.39. The molecule has 1 amide bonds. The lowest BCUT2D eigenvalue weighted by Crippen LogP contribution is -2.40. The van der Waals surface area contributed by atoms with Gasteiger partial charge in [-0.3, -0.25) is 4.79 Å². The number of carbonyl (C=O) groups excluding carboxylic acids is 2. The van der Waals surface area contributed by atoms with E-state index in [2.05, 4.69) is 15.6 Å². The Bertz CT molecular complexity index is 910. The monoisotopic (exact) mass is 411 g/mol. The minimum absolute atomic E-state index is 0.222. The van der Waals surface area contributed by atoms with Crippen LogP contribution in [0.5, 0.6) is 0 Å². The van der Waals surface area contributed by atoms with Crippen molar-refractivity contribution in [1.82, 2.24) is 15.6 Å². The van der Waals surface area contributed by atoms with E-state index in [1.807, 2.05) is 6.92 Å². The summed E-state index contributed by atoms with van der Waals surface area (Å²) >= 11 is 2.44. The highest BCUT2D eigenvalue weighted by atomic mass is 32.2. The molecule has 0 aliphatic carbocycles. The van der Waals surface area contributed by atoms with Crippen LogP contribution in [0.1, 0.15) is 38.9 Å². The van der Waals surface area contributed by atoms with E-state index in [4.69, 9.17) is 4.74 Å². The fourth-order valence-corrected chi connectivity index (χ4v) is 4.31. The Labute approximate surface area is 162 Å². The van der Waals surface area contributed by atoms with E-state index < -0.39 is 34.6 Å². The van der Waals surface area contributed by atoms with Gasteiger partial charge in [-0.25, -0.2) is 18.6 Å². The normalized spacial score (nSPS) is 16.2. The van der Waals surface area contributed by atoms with Crippen LogP contribution in [0.2, 0.25) is 0 Å². The van der Waals surface area contributed by atoms with Crippen LogP contribution in [0.25, 0.3) is 5.70 Å². The van der Waals surface area contributed by atoms with Gasteiger partial charge in [0, 0.05) is 11.1 Å². The Balaban J connectivity index is 1.70. The summed E-state index contributed by atoms with van der Waals surface area (Å²) in [5.74, 6) is -3.22. The van der Waals surface area contributed by atoms with Gasteiger partial charge in [-0.2, -0.15) is 0 Å². The Morgan fingerprint density at radius 1 is 1.33 bits per heavy atom. The number of benzene rings is 1. The molecule has 1 aliphatic rings. The first-order chi connectivity index (χ1) is 12.9. The summed E-state index contributed by atoms with van der Waals surface area (Å²) in [6.45, 7) is 3.79. The molecule has 1 unspecified atom stereocenters. The zero-order valence-corrected chi connectivity index (χ0v) is 16.0. The number of hydrogen-bond acceptors (Lipinski definition) is 7. The second-order valence-corrected chi connectivity index (χ2v) is 7.74. The third-order valence-corrected chi connectivity index (χ3v) is 5.60. The van der Waals surface area contributed by atoms with Gasteiger partial charge < -0.3 is 15.4 Å². The summed E-state index contributed by atoms with van der Waals surface area (Å²) in [7, 11) is 0. The van der Waals surface area contributed by atoms with E-state index in [1.165, 1.54) is 24.0 Å². The van der Waals surface area contributed by atoms with Gasteiger partial charge in [0.05, 0.1) is 17.2 Å². The first kappa shape index (κ1) is 19.3. The zero-order chi connectivity index (χ0) is 19.6. The fourth-order valence-electron chi connectivity index (χ4n) is 2.39. The number of thiazole rings is 1. The molecule has 3 rings (SSSR count). The number of ether oxygens (including phenoxy) is 1. The van der Waals surface area contributed by atoms with Crippen molar-refractivity contribution in [2.45, 2.75) is 19.3 Å². The Kier molecular flexibility index (Phi) is 5.76. The van der Waals surface area contributed by atoms with E-state index in [0.717, 1.165) is 28.4 Å². The minimum Gasteiger partial charge on any atom is -0.461 e. The molecule has 2 aromatic rings. The van der Waals surface area contributed by atoms with Crippen LogP contribution in [-0.4, -0.2) is 29.0 Å². The van der Waals surface area contributed by atoms with E-state index in [9.17, 15) is 18.4 Å². The maximum absolute atomic E-state index is 13.7. The number of aromatic nitrogens is 1. The Morgan fingerprint density at radius 3 is 2.70 bits per heavy atom. The molecule has 1 aromatic heterocycles. The number of carbonyl (C=O) groups is 2. The molecule has 1 aromatic carbocycles. The van der Waals surface area contributed by atoms with E-state index in [0.29, 0.717) is 10.6 Å². The van der Waals surface area contributed by atoms with Crippen molar-refractivity contribution in [3.05, 3.63) is 56.4 Å². The average molecular weight is 411 g/mol. The summed E-state index contributed by atoms with van der Waals surface area (Å²) in [5, 5.41) is 5.83. The molecule has 10 heteroatoms. The van der Waals surface area contributed by atoms with Gasteiger partial charge in [0.2, 0.25) is 5.01 Å². The highest BCUT2D eigenvalue weighted by molar-refractivity contribution is 8.04. The number of esters is 1. The van der Waals surface area contributed by atoms with Gasteiger partial charge in [0.15, 0.2) is 5.50 Å². The molecule has 2 N–H and O–H groups in total. The lowest BCUT2D eigenvalue weighted by Gasteiger charge is -2.15. The number of halogens is 2. The number of hydrogen-bond donors (Lipinski definition) is 2. The summed E-state index contributed by atoms with van der Waals surface area (Å²) in [5.41, 5.74) is -0.555. The van der Waals surface area contributed by atoms with Crippen LogP contribution in [0.4, 0.5) is 8.78 Å². The van der Waals surface area contributed by atoms with Crippen LogP contribution >= 0.6 is 23.1 Å². The van der Waals surface area contributed by atoms with Crippen molar-refractivity contribution in [1.29, 1.82) is 0 Å². The van der Waals surface area contributed by atoms with Crippen molar-refractivity contribution in [2.75, 3.05) is 6.61 Å². The average Bonchev–Trinajstić information content (AvgIpc) is 3.21. The van der Waals surface area contributed by atoms with Gasteiger partial charge in [-0.05, 0) is 26.0 Å². The Morgan fingerprint density at radius 2 is 2.04 bits per heavy atom. The molecule has 0 saturated carbocycles. The van der Waals surface area contributed by atoms with Crippen molar-refractivity contribution >= 4 is 40.7 Å². The smallest absolute Gasteiger partial charge is 0.367 e. The molecule has 27 heavy (non-hydrogen) atoms. The minimum atomic E-state index is -0.929. The number of rotatable bonds is 5. The van der Waals surface area contributed by atoms with Gasteiger partial charge in [0.1, 0.15) is 17.2 Å². The highest BCUT2D eigenvalue weighted by Crippen LogP contribution is 2.36. The van der Waals surface area contributed by atoms with Gasteiger partial charge in [0.25, 0.3) is 5.91 Å². The van der Waals surface area contributed by atoms with Crippen LogP contribution < -0.4 is 10.6 Å². The summed E-state index contributed by atoms with van der Waals surface area (Å²) < 4.78 is 32.4. The zero-order valence-electron chi connectivity index (χ0n) is 14.3. The topological polar surface area (TPSA) is 80.3 Å². The van der Waals surface area contributed by atoms with E-state index in [-0.39, 0.29) is 11.6 Å². The van der Waals surface area contributed by atoms with Crippen molar-refractivity contribution in [3.8, 4) is 0 Å². The first-order valence-corrected chi connectivity index (χ1v) is 9.62. The van der Waals surface area contributed by atoms with Crippen LogP contribution in [-0.2, 0) is 4.74 Å². The van der Waals surface area contributed by atoms with Gasteiger partial charge >= 0.3 is 5.97 Å². The molecular formula is C17H15F2N3O3S2. The van der Waals surface area contributed by atoms with E-state index in [1.54, 1.807) is 6.92 Å². The molecule has 0 saturated heterocycles. The van der Waals surface area contributed by atoms with E-state index >= 15 is 0 Å². The summed E-state index contributed by atoms with van der Waals surface area (Å²) in [6.07, 6.45) is 1.53. The SMILES string of the molecule is CCOC(=O)c1ncc(C2=C(C)SC(NC(=O)c3c(F)cccc3F)N2)s1. The standard InChI is InChI=1S/C17H15F2N3O3S2/c1-3-25-16(24)15-20-7-11(27-15)13-8(2)26-17(21-13)22-14(23)12-9(18)5-4-6-10(12)19/h4-7,17,21H,3H2,1-2H3,(H,22,23). The molecule has 1 atom stereocenters. The van der Waals surface area contributed by atoms with Crippen molar-refractivity contribution in [3.63, 3.8) is 0 Å². The molecular weight excluding hydrogens is 396 g/mol. The lowest BCUT2D eigenvalue weighted by atomic mass is 10.2. The summed E-state index contributed by atoms with van der Waals surface area (Å²) in [6, 6.07) is 3.24. The maximum atomic E-state index is 13.7. The molecule has 1 aliphatic heterocycles. The molecule has 0 fully saturated rings. The first-order valence-electron chi connectivity index (χ1n) is 7.93. The predicted molar refractivity (Wildman–Crippen MR) is 99.0 cm³/mol. The number of nitrogens with one attached hydrogen (secondary N) is 2. The molecule has 0 spiro atoms. The molecule has 0 bridgehead atoms. The maximum Gasteiger partial charge on any atom is 0.367 e. The fraction of sp³-hybridized carbons (Fsp3) is 0.235. The van der Waals surface area contributed by atoms with Crippen LogP contribution in [0.3, 0.4) is 0 Å². The number of allylic oxidation sites excluding steroid dienone is 1. The highest BCUT2D eigenvalue weighted by Gasteiger charge is 2.28. The lowest BCUT2D eigenvalue weighted by molar-refractivity contribution is 0.0525. The van der Waals surface area contributed by atoms with Crippen LogP contribution in [0.15, 0.2) is 29.3 Å². The van der Waals surface area contributed by atoms with Crippen LogP contribution in [0, 0.1) is 11.6 Å². The number of thioether (sulfide) groups is 1. The van der Waals surface area contributed by atoms with Crippen molar-refractivity contribution < 1.29 is 23.1 Å².